The molecule has 0 saturated carbocycles. The Labute approximate surface area is 124 Å². The van der Waals surface area contributed by atoms with E-state index in [9.17, 15) is 13.2 Å². The Morgan fingerprint density at radius 2 is 1.76 bits per heavy atom. The first-order chi connectivity index (χ1) is 9.74. The SMILES string of the molecule is CC(C)CCNS(=O)(=O)c1ccc2c(c1)n(C)c(=O)n2C. The molecule has 7 heteroatoms. The van der Waals surface area contributed by atoms with Crippen LogP contribution in [-0.4, -0.2) is 24.1 Å². The highest BCUT2D eigenvalue weighted by Crippen LogP contribution is 2.17. The summed E-state index contributed by atoms with van der Waals surface area (Å²) in [7, 11) is -0.244. The summed E-state index contributed by atoms with van der Waals surface area (Å²) < 4.78 is 30.0. The molecular weight excluding hydrogens is 290 g/mol. The van der Waals surface area contributed by atoms with Gasteiger partial charge in [-0.05, 0) is 30.5 Å². The fraction of sp³-hybridized carbons (Fsp3) is 0.500. The van der Waals surface area contributed by atoms with Gasteiger partial charge in [-0.15, -0.1) is 0 Å². The minimum atomic E-state index is -3.54. The maximum atomic E-state index is 12.3. The van der Waals surface area contributed by atoms with Gasteiger partial charge in [0.25, 0.3) is 0 Å². The van der Waals surface area contributed by atoms with Gasteiger partial charge in [0.2, 0.25) is 10.0 Å². The predicted octanol–water partition coefficient (Wildman–Crippen LogP) is 1.20. The number of nitrogens with zero attached hydrogens (tertiary/aromatic N) is 2. The second-order valence-electron chi connectivity index (χ2n) is 5.63. The largest absolute Gasteiger partial charge is 0.328 e. The minimum absolute atomic E-state index is 0.174. The van der Waals surface area contributed by atoms with Crippen LogP contribution in [0, 0.1) is 5.92 Å². The van der Waals surface area contributed by atoms with Crippen LogP contribution in [0.4, 0.5) is 0 Å². The van der Waals surface area contributed by atoms with Crippen LogP contribution in [0.2, 0.25) is 0 Å². The maximum absolute atomic E-state index is 12.3. The summed E-state index contributed by atoms with van der Waals surface area (Å²) in [6.07, 6.45) is 0.783. The molecular formula is C14H21N3O3S. The molecule has 0 fully saturated rings. The smallest absolute Gasteiger partial charge is 0.295 e. The van der Waals surface area contributed by atoms with Crippen molar-refractivity contribution in [3.8, 4) is 0 Å². The van der Waals surface area contributed by atoms with Gasteiger partial charge in [0.05, 0.1) is 15.9 Å². The zero-order chi connectivity index (χ0) is 15.8. The van der Waals surface area contributed by atoms with Crippen LogP contribution in [0.15, 0.2) is 27.9 Å². The molecule has 0 spiro atoms. The van der Waals surface area contributed by atoms with Crippen LogP contribution >= 0.6 is 0 Å². The normalized spacial score (nSPS) is 12.4. The number of nitrogens with one attached hydrogen (secondary N) is 1. The molecule has 2 rings (SSSR count). The summed E-state index contributed by atoms with van der Waals surface area (Å²) in [5, 5.41) is 0. The van der Waals surface area contributed by atoms with Crippen LogP contribution in [0.3, 0.4) is 0 Å². The second-order valence-corrected chi connectivity index (χ2v) is 7.40. The zero-order valence-corrected chi connectivity index (χ0v) is 13.6. The van der Waals surface area contributed by atoms with E-state index in [4.69, 9.17) is 0 Å². The molecule has 1 N–H and O–H groups in total. The number of fused-ring (bicyclic) bond motifs is 1. The van der Waals surface area contributed by atoms with Crippen molar-refractivity contribution in [3.63, 3.8) is 0 Å². The van der Waals surface area contributed by atoms with Crippen molar-refractivity contribution in [2.24, 2.45) is 20.0 Å². The molecule has 1 aromatic carbocycles. The van der Waals surface area contributed by atoms with Crippen LogP contribution < -0.4 is 10.4 Å². The molecule has 0 unspecified atom stereocenters. The van der Waals surface area contributed by atoms with E-state index < -0.39 is 10.0 Å². The molecule has 0 amide bonds. The number of rotatable bonds is 5. The third-order valence-electron chi connectivity index (χ3n) is 3.57. The van der Waals surface area contributed by atoms with Crippen LogP contribution in [0.5, 0.6) is 0 Å². The summed E-state index contributed by atoms with van der Waals surface area (Å²) in [5.74, 6) is 0.435. The lowest BCUT2D eigenvalue weighted by Gasteiger charge is -2.08. The molecule has 1 aromatic heterocycles. The van der Waals surface area contributed by atoms with Crippen LogP contribution in [-0.2, 0) is 24.1 Å². The highest BCUT2D eigenvalue weighted by Gasteiger charge is 2.16. The summed E-state index contributed by atoms with van der Waals surface area (Å²) in [6.45, 7) is 4.49. The third kappa shape index (κ3) is 3.03. The van der Waals surface area contributed by atoms with E-state index in [0.717, 1.165) is 6.42 Å². The quantitative estimate of drug-likeness (QED) is 0.902. The monoisotopic (exact) mass is 311 g/mol. The van der Waals surface area contributed by atoms with Crippen molar-refractivity contribution >= 4 is 21.1 Å². The lowest BCUT2D eigenvalue weighted by molar-refractivity contribution is 0.551. The average Bonchev–Trinajstić information content (AvgIpc) is 2.63. The minimum Gasteiger partial charge on any atom is -0.295 e. The van der Waals surface area contributed by atoms with Crippen molar-refractivity contribution in [2.75, 3.05) is 6.54 Å². The van der Waals surface area contributed by atoms with Gasteiger partial charge in [-0.25, -0.2) is 17.9 Å². The molecule has 6 nitrogen and oxygen atoms in total. The number of hydrogen-bond donors (Lipinski definition) is 1. The maximum Gasteiger partial charge on any atom is 0.328 e. The number of imidazole rings is 1. The molecule has 116 valence electrons. The van der Waals surface area contributed by atoms with Crippen molar-refractivity contribution in [2.45, 2.75) is 25.2 Å². The highest BCUT2D eigenvalue weighted by molar-refractivity contribution is 7.89. The van der Waals surface area contributed by atoms with E-state index in [0.29, 0.717) is 23.5 Å². The van der Waals surface area contributed by atoms with E-state index in [1.807, 2.05) is 13.8 Å². The summed E-state index contributed by atoms with van der Waals surface area (Å²) >= 11 is 0. The number of benzene rings is 1. The van der Waals surface area contributed by atoms with Gasteiger partial charge in [-0.1, -0.05) is 13.8 Å². The van der Waals surface area contributed by atoms with Gasteiger partial charge in [-0.3, -0.25) is 9.13 Å². The van der Waals surface area contributed by atoms with Gasteiger partial charge >= 0.3 is 5.69 Å². The lowest BCUT2D eigenvalue weighted by atomic mass is 10.1. The van der Waals surface area contributed by atoms with E-state index in [-0.39, 0.29) is 10.6 Å². The molecule has 2 aromatic rings. The fourth-order valence-corrected chi connectivity index (χ4v) is 3.29. The van der Waals surface area contributed by atoms with Crippen LogP contribution in [0.1, 0.15) is 20.3 Å². The Bertz CT molecular complexity index is 816. The van der Waals surface area contributed by atoms with Gasteiger partial charge in [-0.2, -0.15) is 0 Å². The predicted molar refractivity (Wildman–Crippen MR) is 82.8 cm³/mol. The van der Waals surface area contributed by atoms with E-state index >= 15 is 0 Å². The number of aromatic nitrogens is 2. The third-order valence-corrected chi connectivity index (χ3v) is 5.03. The molecule has 0 aliphatic heterocycles. The zero-order valence-electron chi connectivity index (χ0n) is 12.8. The number of hydrogen-bond acceptors (Lipinski definition) is 3. The lowest BCUT2D eigenvalue weighted by Crippen LogP contribution is -2.25. The summed E-state index contributed by atoms with van der Waals surface area (Å²) in [6, 6.07) is 4.72. The van der Waals surface area contributed by atoms with E-state index in [1.165, 1.54) is 21.3 Å². The first-order valence-electron chi connectivity index (χ1n) is 6.89. The van der Waals surface area contributed by atoms with E-state index in [1.54, 1.807) is 20.2 Å². The van der Waals surface area contributed by atoms with Crippen molar-refractivity contribution in [1.82, 2.24) is 13.9 Å². The molecule has 0 radical (unpaired) electrons. The molecule has 21 heavy (non-hydrogen) atoms. The molecule has 0 aliphatic rings. The average molecular weight is 311 g/mol. The molecule has 0 saturated heterocycles. The first kappa shape index (κ1) is 15.8. The summed E-state index contributed by atoms with van der Waals surface area (Å²) in [4.78, 5) is 12.0. The summed E-state index contributed by atoms with van der Waals surface area (Å²) in [5.41, 5.74) is 1.14. The Kier molecular flexibility index (Phi) is 4.25. The molecule has 0 atom stereocenters. The van der Waals surface area contributed by atoms with Gasteiger partial charge in [0.15, 0.2) is 0 Å². The van der Waals surface area contributed by atoms with E-state index in [2.05, 4.69) is 4.72 Å². The van der Waals surface area contributed by atoms with Crippen molar-refractivity contribution in [1.29, 1.82) is 0 Å². The Hall–Kier alpha value is -1.60. The molecule has 0 bridgehead atoms. The van der Waals surface area contributed by atoms with Crippen LogP contribution in [0.25, 0.3) is 11.0 Å². The Morgan fingerprint density at radius 3 is 2.38 bits per heavy atom. The second kappa shape index (κ2) is 5.65. The molecule has 0 aliphatic carbocycles. The highest BCUT2D eigenvalue weighted by atomic mass is 32.2. The van der Waals surface area contributed by atoms with Crippen molar-refractivity contribution in [3.05, 3.63) is 28.7 Å². The molecule has 1 heterocycles. The standard InChI is InChI=1S/C14H21N3O3S/c1-10(2)7-8-15-21(19,20)11-5-6-12-13(9-11)17(4)14(18)16(12)3/h5-6,9-10,15H,7-8H2,1-4H3. The number of sulfonamides is 1. The Balaban J connectivity index is 2.39. The van der Waals surface area contributed by atoms with Crippen molar-refractivity contribution < 1.29 is 8.42 Å². The number of aryl methyl sites for hydroxylation is 2. The van der Waals surface area contributed by atoms with Gasteiger partial charge in [0.1, 0.15) is 0 Å². The van der Waals surface area contributed by atoms with Gasteiger partial charge in [0, 0.05) is 20.6 Å². The Morgan fingerprint density at radius 1 is 1.14 bits per heavy atom. The first-order valence-corrected chi connectivity index (χ1v) is 8.37. The topological polar surface area (TPSA) is 73.1 Å². The fourth-order valence-electron chi connectivity index (χ4n) is 2.22. The van der Waals surface area contributed by atoms with Gasteiger partial charge < -0.3 is 0 Å².